The van der Waals surface area contributed by atoms with Crippen LogP contribution in [0.25, 0.3) is 0 Å². The molecule has 4 rings (SSSR count). The fourth-order valence-electron chi connectivity index (χ4n) is 4.73. The first-order chi connectivity index (χ1) is 11.9. The van der Waals surface area contributed by atoms with E-state index in [1.165, 1.54) is 11.9 Å². The van der Waals surface area contributed by atoms with Crippen LogP contribution >= 0.6 is 0 Å². The second-order valence-corrected chi connectivity index (χ2v) is 7.92. The average Bonchev–Trinajstić information content (AvgIpc) is 2.59. The van der Waals surface area contributed by atoms with Gasteiger partial charge in [-0.15, -0.1) is 0 Å². The van der Waals surface area contributed by atoms with Crippen LogP contribution in [-0.4, -0.2) is 38.5 Å². The molecule has 1 unspecified atom stereocenters. The summed E-state index contributed by atoms with van der Waals surface area (Å²) in [6.45, 7) is 7.45. The summed E-state index contributed by atoms with van der Waals surface area (Å²) in [6, 6.07) is 7.49. The van der Waals surface area contributed by atoms with E-state index in [-0.39, 0.29) is 22.8 Å². The predicted molar refractivity (Wildman–Crippen MR) is 94.4 cm³/mol. The first-order valence-corrected chi connectivity index (χ1v) is 8.74. The normalized spacial score (nSPS) is 26.8. The van der Waals surface area contributed by atoms with Crippen molar-refractivity contribution in [2.45, 2.75) is 45.1 Å². The Hall–Kier alpha value is -2.43. The summed E-state index contributed by atoms with van der Waals surface area (Å²) in [7, 11) is 0. The van der Waals surface area contributed by atoms with Gasteiger partial charge in [-0.2, -0.15) is 0 Å². The maximum Gasteiger partial charge on any atom is 0.272 e. The summed E-state index contributed by atoms with van der Waals surface area (Å²) in [5.41, 5.74) is 2.45. The van der Waals surface area contributed by atoms with Crippen molar-refractivity contribution in [1.82, 2.24) is 14.9 Å². The summed E-state index contributed by atoms with van der Waals surface area (Å²) in [6.07, 6.45) is 4.54. The molecular weight excluding hydrogens is 314 g/mol. The lowest BCUT2D eigenvalue weighted by molar-refractivity contribution is -0.0269. The van der Waals surface area contributed by atoms with E-state index in [2.05, 4.69) is 36.8 Å². The van der Waals surface area contributed by atoms with Gasteiger partial charge in [0.25, 0.3) is 5.91 Å². The minimum Gasteiger partial charge on any atom is -0.508 e. The van der Waals surface area contributed by atoms with Gasteiger partial charge in [-0.05, 0) is 41.5 Å². The van der Waals surface area contributed by atoms with Crippen LogP contribution in [0.5, 0.6) is 5.75 Å². The minimum atomic E-state index is -0.102. The fourth-order valence-corrected chi connectivity index (χ4v) is 4.73. The molecule has 1 saturated heterocycles. The zero-order valence-electron chi connectivity index (χ0n) is 14.9. The number of phenolic OH excluding ortho intramolecular Hbond substituents is 1. The lowest BCUT2D eigenvalue weighted by Crippen LogP contribution is -2.64. The highest BCUT2D eigenvalue weighted by molar-refractivity contribution is 5.92. The topological polar surface area (TPSA) is 66.3 Å². The van der Waals surface area contributed by atoms with E-state index < -0.39 is 0 Å². The van der Waals surface area contributed by atoms with Gasteiger partial charge in [-0.25, -0.2) is 9.97 Å². The smallest absolute Gasteiger partial charge is 0.272 e. The number of piperidine rings is 1. The summed E-state index contributed by atoms with van der Waals surface area (Å²) in [5, 5.41) is 10.4. The molecule has 0 radical (unpaired) electrons. The molecule has 1 aliphatic heterocycles. The third kappa shape index (κ3) is 2.11. The average molecular weight is 337 g/mol. The standard InChI is InChI=1S/C20H23N3O2/c1-19(2)17-11-13-14(5-4-6-16(13)24)20(19,3)8-10-23(17)18(25)15-7-9-21-12-22-15/h4-7,9,12,17,24H,8,10-11H2,1-3H3/t17?,20-/m0/s1. The molecule has 2 bridgehead atoms. The third-order valence-electron chi connectivity index (χ3n) is 6.69. The molecule has 2 heterocycles. The Morgan fingerprint density at radius 3 is 2.80 bits per heavy atom. The second kappa shape index (κ2) is 5.28. The molecular formula is C20H23N3O2. The van der Waals surface area contributed by atoms with Crippen LogP contribution in [0.4, 0.5) is 0 Å². The van der Waals surface area contributed by atoms with Gasteiger partial charge in [-0.3, -0.25) is 4.79 Å². The fraction of sp³-hybridized carbons (Fsp3) is 0.450. The van der Waals surface area contributed by atoms with Gasteiger partial charge in [-0.1, -0.05) is 32.9 Å². The number of hydrogen-bond acceptors (Lipinski definition) is 4. The monoisotopic (exact) mass is 337 g/mol. The molecule has 2 aliphatic rings. The molecule has 130 valence electrons. The Labute approximate surface area is 147 Å². The number of aromatic nitrogens is 2. The second-order valence-electron chi connectivity index (χ2n) is 7.92. The summed E-state index contributed by atoms with van der Waals surface area (Å²) in [5.74, 6) is 0.280. The van der Waals surface area contributed by atoms with Crippen molar-refractivity contribution in [3.63, 3.8) is 0 Å². The Morgan fingerprint density at radius 1 is 1.28 bits per heavy atom. The number of nitrogens with zero attached hydrogens (tertiary/aromatic N) is 3. The number of carbonyl (C=O) groups excluding carboxylic acids is 1. The first kappa shape index (κ1) is 16.1. The summed E-state index contributed by atoms with van der Waals surface area (Å²) in [4.78, 5) is 23.0. The van der Waals surface area contributed by atoms with Crippen LogP contribution in [0.2, 0.25) is 0 Å². The number of amides is 1. The zero-order chi connectivity index (χ0) is 17.8. The van der Waals surface area contributed by atoms with Crippen molar-refractivity contribution in [3.05, 3.63) is 53.6 Å². The highest BCUT2D eigenvalue weighted by Gasteiger charge is 2.57. The highest BCUT2D eigenvalue weighted by Crippen LogP contribution is 2.57. The molecule has 1 aromatic heterocycles. The molecule has 5 nitrogen and oxygen atoms in total. The maximum atomic E-state index is 13.1. The number of fused-ring (bicyclic) bond motifs is 4. The van der Waals surface area contributed by atoms with Crippen molar-refractivity contribution >= 4 is 5.91 Å². The molecule has 2 aromatic rings. The van der Waals surface area contributed by atoms with Crippen molar-refractivity contribution in [2.75, 3.05) is 6.54 Å². The molecule has 1 aliphatic carbocycles. The Morgan fingerprint density at radius 2 is 2.08 bits per heavy atom. The van der Waals surface area contributed by atoms with Crippen molar-refractivity contribution in [1.29, 1.82) is 0 Å². The van der Waals surface area contributed by atoms with Crippen LogP contribution in [0.3, 0.4) is 0 Å². The highest BCUT2D eigenvalue weighted by atomic mass is 16.3. The number of hydrogen-bond donors (Lipinski definition) is 1. The van der Waals surface area contributed by atoms with E-state index in [9.17, 15) is 9.90 Å². The molecule has 0 saturated carbocycles. The SMILES string of the molecule is CC1(C)C2Cc3c(O)cccc3[C@]1(C)CCN2C(=O)c1ccncn1. The van der Waals surface area contributed by atoms with Gasteiger partial charge in [0.2, 0.25) is 0 Å². The van der Waals surface area contributed by atoms with Crippen LogP contribution < -0.4 is 0 Å². The molecule has 1 N–H and O–H groups in total. The van der Waals surface area contributed by atoms with Gasteiger partial charge in [0, 0.05) is 24.2 Å². The molecule has 5 heteroatoms. The summed E-state index contributed by atoms with van der Waals surface area (Å²) >= 11 is 0. The zero-order valence-corrected chi connectivity index (χ0v) is 14.9. The van der Waals surface area contributed by atoms with Gasteiger partial charge in [0.05, 0.1) is 0 Å². The molecule has 1 aromatic carbocycles. The van der Waals surface area contributed by atoms with E-state index in [1.54, 1.807) is 18.3 Å². The van der Waals surface area contributed by atoms with Gasteiger partial charge >= 0.3 is 0 Å². The first-order valence-electron chi connectivity index (χ1n) is 8.74. The van der Waals surface area contributed by atoms with Gasteiger partial charge < -0.3 is 10.0 Å². The molecule has 1 amide bonds. The van der Waals surface area contributed by atoms with Crippen molar-refractivity contribution in [3.8, 4) is 5.75 Å². The molecule has 25 heavy (non-hydrogen) atoms. The Balaban J connectivity index is 1.81. The van der Waals surface area contributed by atoms with E-state index in [4.69, 9.17) is 0 Å². The van der Waals surface area contributed by atoms with Crippen LogP contribution in [0.15, 0.2) is 36.8 Å². The van der Waals surface area contributed by atoms with Crippen molar-refractivity contribution < 1.29 is 9.90 Å². The minimum absolute atomic E-state index is 0.0227. The van der Waals surface area contributed by atoms with E-state index in [1.807, 2.05) is 11.0 Å². The molecule has 2 atom stereocenters. The Kier molecular flexibility index (Phi) is 3.39. The number of carbonyl (C=O) groups is 1. The number of aromatic hydroxyl groups is 1. The lowest BCUT2D eigenvalue weighted by Gasteiger charge is -2.60. The summed E-state index contributed by atoms with van der Waals surface area (Å²) < 4.78 is 0. The predicted octanol–water partition coefficient (Wildman–Crippen LogP) is 2.94. The molecule has 1 fully saturated rings. The van der Waals surface area contributed by atoms with Crippen LogP contribution in [0.1, 0.15) is 48.8 Å². The lowest BCUT2D eigenvalue weighted by atomic mass is 9.51. The van der Waals surface area contributed by atoms with Gasteiger partial charge in [0.15, 0.2) is 0 Å². The van der Waals surface area contributed by atoms with Crippen LogP contribution in [0, 0.1) is 5.41 Å². The largest absolute Gasteiger partial charge is 0.508 e. The number of benzene rings is 1. The quantitative estimate of drug-likeness (QED) is 0.869. The van der Waals surface area contributed by atoms with Crippen molar-refractivity contribution in [2.24, 2.45) is 5.41 Å². The molecule has 0 spiro atoms. The van der Waals surface area contributed by atoms with Gasteiger partial charge in [0.1, 0.15) is 17.8 Å². The maximum absolute atomic E-state index is 13.1. The van der Waals surface area contributed by atoms with E-state index in [0.717, 1.165) is 12.0 Å². The number of phenols is 1. The number of rotatable bonds is 1. The third-order valence-corrected chi connectivity index (χ3v) is 6.69. The van der Waals surface area contributed by atoms with E-state index in [0.29, 0.717) is 24.4 Å². The van der Waals surface area contributed by atoms with Crippen LogP contribution in [-0.2, 0) is 11.8 Å². The number of likely N-dealkylation sites (tertiary alicyclic amines) is 1. The van der Waals surface area contributed by atoms with E-state index >= 15 is 0 Å². The Bertz CT molecular complexity index is 834.